The van der Waals surface area contributed by atoms with E-state index >= 15 is 0 Å². The maximum atomic E-state index is 11.4. The fraction of sp³-hybridized carbons (Fsp3) is 0.300. The molecule has 0 unspecified atom stereocenters. The van der Waals surface area contributed by atoms with Crippen LogP contribution in [0.2, 0.25) is 5.02 Å². The molecule has 0 spiro atoms. The molecule has 0 aliphatic carbocycles. The highest BCUT2D eigenvalue weighted by atomic mass is 35.5. The molecule has 0 aliphatic rings. The highest BCUT2D eigenvalue weighted by Crippen LogP contribution is 2.26. The van der Waals surface area contributed by atoms with Gasteiger partial charge in [-0.05, 0) is 24.6 Å². The van der Waals surface area contributed by atoms with Crippen molar-refractivity contribution in [2.75, 3.05) is 13.7 Å². The number of Topliss-reactive ketones (excluding diaryl/α,β-unsaturated/α-hetero) is 1. The Morgan fingerprint density at radius 3 is 2.71 bits per heavy atom. The van der Waals surface area contributed by atoms with Gasteiger partial charge in [-0.2, -0.15) is 0 Å². The van der Waals surface area contributed by atoms with E-state index in [4.69, 9.17) is 22.1 Å². The van der Waals surface area contributed by atoms with Gasteiger partial charge in [0.05, 0.1) is 19.2 Å². The Balaban J connectivity index is 3.27. The van der Waals surface area contributed by atoms with Crippen molar-refractivity contribution in [3.8, 4) is 5.75 Å². The van der Waals surface area contributed by atoms with E-state index in [-0.39, 0.29) is 12.3 Å². The summed E-state index contributed by atoms with van der Waals surface area (Å²) in [6, 6.07) is 3.32. The van der Waals surface area contributed by atoms with Gasteiger partial charge in [0.1, 0.15) is 5.75 Å². The van der Waals surface area contributed by atoms with E-state index in [1.807, 2.05) is 6.92 Å². The van der Waals surface area contributed by atoms with Gasteiger partial charge in [0.15, 0.2) is 5.78 Å². The van der Waals surface area contributed by atoms with E-state index in [2.05, 4.69) is 0 Å². The van der Waals surface area contributed by atoms with E-state index in [9.17, 15) is 4.79 Å². The third-order valence-corrected chi connectivity index (χ3v) is 2.37. The summed E-state index contributed by atoms with van der Waals surface area (Å²) in [4.78, 5) is 11.4. The number of carbonyl (C=O) groups excluding carboxylic acids is 1. The van der Waals surface area contributed by atoms with Gasteiger partial charge in [0, 0.05) is 5.02 Å². The average molecular weight is 214 g/mol. The van der Waals surface area contributed by atoms with Crippen molar-refractivity contribution in [1.82, 2.24) is 0 Å². The first-order valence-corrected chi connectivity index (χ1v) is 4.55. The number of ether oxygens (including phenoxy) is 1. The molecule has 1 aromatic carbocycles. The molecule has 0 saturated carbocycles. The first kappa shape index (κ1) is 11.0. The SMILES string of the molecule is COc1cc(C)c(Cl)cc1C(=O)CN. The zero-order valence-corrected chi connectivity index (χ0v) is 8.89. The number of methoxy groups -OCH3 is 1. The number of carbonyl (C=O) groups is 1. The molecule has 0 atom stereocenters. The molecule has 0 saturated heterocycles. The lowest BCUT2D eigenvalue weighted by atomic mass is 10.1. The smallest absolute Gasteiger partial charge is 0.180 e. The Hall–Kier alpha value is -1.06. The first-order chi connectivity index (χ1) is 6.60. The highest BCUT2D eigenvalue weighted by molar-refractivity contribution is 6.31. The molecule has 0 heterocycles. The number of hydrogen-bond donors (Lipinski definition) is 1. The molecular formula is C10H12ClNO2. The topological polar surface area (TPSA) is 52.3 Å². The van der Waals surface area contributed by atoms with Crippen LogP contribution in [-0.2, 0) is 0 Å². The van der Waals surface area contributed by atoms with Gasteiger partial charge in [-0.1, -0.05) is 11.6 Å². The summed E-state index contributed by atoms with van der Waals surface area (Å²) in [5, 5.41) is 0.544. The number of halogens is 1. The molecule has 76 valence electrons. The summed E-state index contributed by atoms with van der Waals surface area (Å²) in [7, 11) is 1.51. The van der Waals surface area contributed by atoms with Crippen LogP contribution in [0, 0.1) is 6.92 Å². The second-order valence-corrected chi connectivity index (χ2v) is 3.34. The van der Waals surface area contributed by atoms with E-state index in [1.165, 1.54) is 7.11 Å². The molecule has 3 nitrogen and oxygen atoms in total. The summed E-state index contributed by atoms with van der Waals surface area (Å²) in [6.45, 7) is 1.80. The van der Waals surface area contributed by atoms with Crippen molar-refractivity contribution in [1.29, 1.82) is 0 Å². The van der Waals surface area contributed by atoms with Crippen LogP contribution in [0.25, 0.3) is 0 Å². The minimum absolute atomic E-state index is 0.0459. The lowest BCUT2D eigenvalue weighted by Gasteiger charge is -2.08. The summed E-state index contributed by atoms with van der Waals surface area (Å²) in [5.74, 6) is 0.339. The fourth-order valence-electron chi connectivity index (χ4n) is 1.15. The molecule has 1 aromatic rings. The molecule has 2 N–H and O–H groups in total. The number of rotatable bonds is 3. The predicted molar refractivity (Wildman–Crippen MR) is 56.1 cm³/mol. The van der Waals surface area contributed by atoms with Crippen LogP contribution in [-0.4, -0.2) is 19.4 Å². The largest absolute Gasteiger partial charge is 0.496 e. The Labute approximate surface area is 87.8 Å². The summed E-state index contributed by atoms with van der Waals surface area (Å²) in [6.07, 6.45) is 0. The number of ketones is 1. The van der Waals surface area contributed by atoms with E-state index < -0.39 is 0 Å². The third-order valence-electron chi connectivity index (χ3n) is 1.97. The maximum Gasteiger partial charge on any atom is 0.180 e. The third kappa shape index (κ3) is 2.05. The first-order valence-electron chi connectivity index (χ1n) is 4.17. The van der Waals surface area contributed by atoms with Crippen molar-refractivity contribution in [2.24, 2.45) is 5.73 Å². The zero-order chi connectivity index (χ0) is 10.7. The van der Waals surface area contributed by atoms with Crippen LogP contribution in [0.3, 0.4) is 0 Å². The molecule has 4 heteroatoms. The average Bonchev–Trinajstić information content (AvgIpc) is 2.20. The quantitative estimate of drug-likeness (QED) is 0.779. The molecule has 0 radical (unpaired) electrons. The molecule has 0 aromatic heterocycles. The molecular weight excluding hydrogens is 202 g/mol. The van der Waals surface area contributed by atoms with E-state index in [0.717, 1.165) is 5.56 Å². The molecule has 1 rings (SSSR count). The molecule has 14 heavy (non-hydrogen) atoms. The Morgan fingerprint density at radius 2 is 2.21 bits per heavy atom. The monoisotopic (exact) mass is 213 g/mol. The van der Waals surface area contributed by atoms with Gasteiger partial charge in [-0.25, -0.2) is 0 Å². The lowest BCUT2D eigenvalue weighted by molar-refractivity contribution is 0.0998. The van der Waals surface area contributed by atoms with Crippen molar-refractivity contribution in [2.45, 2.75) is 6.92 Å². The number of nitrogens with two attached hydrogens (primary N) is 1. The van der Waals surface area contributed by atoms with Crippen LogP contribution in [0.15, 0.2) is 12.1 Å². The number of aryl methyl sites for hydroxylation is 1. The van der Waals surface area contributed by atoms with Crippen LogP contribution >= 0.6 is 11.6 Å². The van der Waals surface area contributed by atoms with Gasteiger partial charge in [-0.15, -0.1) is 0 Å². The van der Waals surface area contributed by atoms with Gasteiger partial charge in [-0.3, -0.25) is 4.79 Å². The summed E-state index contributed by atoms with van der Waals surface area (Å²) in [5.41, 5.74) is 6.58. The molecule has 0 aliphatic heterocycles. The van der Waals surface area contributed by atoms with Crippen LogP contribution < -0.4 is 10.5 Å². The fourth-order valence-corrected chi connectivity index (χ4v) is 1.32. The van der Waals surface area contributed by atoms with Gasteiger partial charge < -0.3 is 10.5 Å². The summed E-state index contributed by atoms with van der Waals surface area (Å²) < 4.78 is 5.07. The van der Waals surface area contributed by atoms with Crippen molar-refractivity contribution in [3.05, 3.63) is 28.3 Å². The highest BCUT2D eigenvalue weighted by Gasteiger charge is 2.12. The van der Waals surface area contributed by atoms with Crippen molar-refractivity contribution >= 4 is 17.4 Å². The standard InChI is InChI=1S/C10H12ClNO2/c1-6-3-10(14-2)7(4-8(6)11)9(13)5-12/h3-4H,5,12H2,1-2H3. The van der Waals surface area contributed by atoms with Crippen LogP contribution in [0.1, 0.15) is 15.9 Å². The predicted octanol–water partition coefficient (Wildman–Crippen LogP) is 1.80. The van der Waals surface area contributed by atoms with E-state index in [1.54, 1.807) is 12.1 Å². The number of hydrogen-bond acceptors (Lipinski definition) is 3. The van der Waals surface area contributed by atoms with Crippen LogP contribution in [0.5, 0.6) is 5.75 Å². The Bertz CT molecular complexity index is 363. The minimum atomic E-state index is -0.177. The van der Waals surface area contributed by atoms with Crippen molar-refractivity contribution < 1.29 is 9.53 Å². The molecule has 0 amide bonds. The second-order valence-electron chi connectivity index (χ2n) is 2.93. The minimum Gasteiger partial charge on any atom is -0.496 e. The van der Waals surface area contributed by atoms with Gasteiger partial charge >= 0.3 is 0 Å². The molecule has 0 fully saturated rings. The summed E-state index contributed by atoms with van der Waals surface area (Å²) >= 11 is 5.90. The molecule has 0 bridgehead atoms. The zero-order valence-electron chi connectivity index (χ0n) is 8.13. The lowest BCUT2D eigenvalue weighted by Crippen LogP contribution is -2.14. The van der Waals surface area contributed by atoms with Crippen LogP contribution in [0.4, 0.5) is 0 Å². The van der Waals surface area contributed by atoms with Crippen molar-refractivity contribution in [3.63, 3.8) is 0 Å². The van der Waals surface area contributed by atoms with Gasteiger partial charge in [0.2, 0.25) is 0 Å². The number of benzene rings is 1. The second kappa shape index (κ2) is 4.44. The van der Waals surface area contributed by atoms with Gasteiger partial charge in [0.25, 0.3) is 0 Å². The Morgan fingerprint density at radius 1 is 1.57 bits per heavy atom. The maximum absolute atomic E-state index is 11.4. The normalized spacial score (nSPS) is 10.0. The van der Waals surface area contributed by atoms with E-state index in [0.29, 0.717) is 16.3 Å². The Kier molecular flexibility index (Phi) is 3.49.